The van der Waals surface area contributed by atoms with Crippen LogP contribution in [0.2, 0.25) is 0 Å². The summed E-state index contributed by atoms with van der Waals surface area (Å²) in [6, 6.07) is 8.18. The minimum Gasteiger partial charge on any atom is -0.478 e. The molecule has 1 aromatic heterocycles. The number of thiophene rings is 1. The molecule has 3 rings (SSSR count). The maximum absolute atomic E-state index is 11.9. The van der Waals surface area contributed by atoms with E-state index in [1.165, 1.54) is 10.4 Å². The molecule has 1 aliphatic carbocycles. The molecule has 1 aromatic carbocycles. The number of benzene rings is 1. The Morgan fingerprint density at radius 1 is 1.14 bits per heavy atom. The molecule has 1 aliphatic rings. The van der Waals surface area contributed by atoms with Crippen LogP contribution in [0, 0.1) is 12.3 Å². The Labute approximate surface area is 135 Å². The summed E-state index contributed by atoms with van der Waals surface area (Å²) in [6.45, 7) is 6.61. The van der Waals surface area contributed by atoms with Crippen molar-refractivity contribution in [2.75, 3.05) is 0 Å². The van der Waals surface area contributed by atoms with E-state index in [2.05, 4.69) is 26.0 Å². The van der Waals surface area contributed by atoms with Gasteiger partial charge in [-0.15, -0.1) is 11.3 Å². The van der Waals surface area contributed by atoms with E-state index < -0.39 is 5.97 Å². The standard InChI is InChI=1S/C19H22O2S/c1-12-4-6-13(7-5-12)17-16(18(20)21)14-8-10-19(2,3)11-9-15(14)22-17/h4-7H,8-11H2,1-3H3,(H,20,21). The Bertz CT molecular complexity index is 708. The maximum atomic E-state index is 11.9. The van der Waals surface area contributed by atoms with Gasteiger partial charge in [0.25, 0.3) is 0 Å². The largest absolute Gasteiger partial charge is 0.478 e. The minimum atomic E-state index is -0.784. The van der Waals surface area contributed by atoms with E-state index in [0.717, 1.165) is 41.7 Å². The third kappa shape index (κ3) is 2.82. The Balaban J connectivity index is 2.10. The molecule has 0 unspecified atom stereocenters. The Morgan fingerprint density at radius 2 is 1.77 bits per heavy atom. The van der Waals surface area contributed by atoms with Crippen LogP contribution in [0.1, 0.15) is 53.1 Å². The van der Waals surface area contributed by atoms with Crippen molar-refractivity contribution in [1.82, 2.24) is 0 Å². The molecule has 0 saturated heterocycles. The van der Waals surface area contributed by atoms with E-state index in [4.69, 9.17) is 0 Å². The summed E-state index contributed by atoms with van der Waals surface area (Å²) in [4.78, 5) is 14.1. The van der Waals surface area contributed by atoms with Gasteiger partial charge in [-0.25, -0.2) is 4.79 Å². The van der Waals surface area contributed by atoms with Gasteiger partial charge in [0.15, 0.2) is 0 Å². The summed E-state index contributed by atoms with van der Waals surface area (Å²) in [5, 5.41) is 9.76. The van der Waals surface area contributed by atoms with Gasteiger partial charge in [-0.2, -0.15) is 0 Å². The molecule has 0 saturated carbocycles. The van der Waals surface area contributed by atoms with E-state index in [-0.39, 0.29) is 0 Å². The molecule has 1 heterocycles. The van der Waals surface area contributed by atoms with Crippen molar-refractivity contribution >= 4 is 17.3 Å². The van der Waals surface area contributed by atoms with Gasteiger partial charge < -0.3 is 5.11 Å². The molecule has 0 radical (unpaired) electrons. The van der Waals surface area contributed by atoms with E-state index in [0.29, 0.717) is 11.0 Å². The molecular formula is C19H22O2S. The van der Waals surface area contributed by atoms with Crippen molar-refractivity contribution in [3.63, 3.8) is 0 Å². The molecule has 0 fully saturated rings. The van der Waals surface area contributed by atoms with Crippen LogP contribution in [0.5, 0.6) is 0 Å². The van der Waals surface area contributed by atoms with Crippen molar-refractivity contribution in [2.24, 2.45) is 5.41 Å². The Kier molecular flexibility index (Phi) is 3.85. The second-order valence-electron chi connectivity index (χ2n) is 7.04. The van der Waals surface area contributed by atoms with Crippen molar-refractivity contribution < 1.29 is 9.90 Å². The first-order valence-corrected chi connectivity index (χ1v) is 8.64. The van der Waals surface area contributed by atoms with Crippen LogP contribution in [-0.4, -0.2) is 11.1 Å². The Morgan fingerprint density at radius 3 is 2.41 bits per heavy atom. The first-order valence-electron chi connectivity index (χ1n) is 7.82. The lowest BCUT2D eigenvalue weighted by molar-refractivity contribution is 0.0697. The summed E-state index contributed by atoms with van der Waals surface area (Å²) in [7, 11) is 0. The molecule has 0 amide bonds. The summed E-state index contributed by atoms with van der Waals surface area (Å²) in [5.41, 5.74) is 4.15. The topological polar surface area (TPSA) is 37.3 Å². The highest BCUT2D eigenvalue weighted by atomic mass is 32.1. The predicted molar refractivity (Wildman–Crippen MR) is 91.9 cm³/mol. The minimum absolute atomic E-state index is 0.304. The zero-order valence-corrected chi connectivity index (χ0v) is 14.2. The van der Waals surface area contributed by atoms with Gasteiger partial charge in [-0.3, -0.25) is 0 Å². The molecule has 0 aliphatic heterocycles. The van der Waals surface area contributed by atoms with Crippen LogP contribution in [-0.2, 0) is 12.8 Å². The fraction of sp³-hybridized carbons (Fsp3) is 0.421. The fourth-order valence-corrected chi connectivity index (χ4v) is 4.50. The lowest BCUT2D eigenvalue weighted by Gasteiger charge is -2.21. The van der Waals surface area contributed by atoms with Crippen LogP contribution in [0.25, 0.3) is 10.4 Å². The van der Waals surface area contributed by atoms with Gasteiger partial charge in [-0.05, 0) is 49.1 Å². The number of fused-ring (bicyclic) bond motifs is 1. The van der Waals surface area contributed by atoms with Gasteiger partial charge in [0, 0.05) is 9.75 Å². The van der Waals surface area contributed by atoms with Crippen LogP contribution < -0.4 is 0 Å². The Hall–Kier alpha value is -1.61. The summed E-state index contributed by atoms with van der Waals surface area (Å²) >= 11 is 1.68. The van der Waals surface area contributed by atoms with E-state index >= 15 is 0 Å². The number of carboxylic acids is 1. The smallest absolute Gasteiger partial charge is 0.337 e. The lowest BCUT2D eigenvalue weighted by atomic mass is 9.84. The molecule has 0 bridgehead atoms. The first-order chi connectivity index (χ1) is 10.4. The number of rotatable bonds is 2. The van der Waals surface area contributed by atoms with Gasteiger partial charge in [0.2, 0.25) is 0 Å². The summed E-state index contributed by atoms with van der Waals surface area (Å²) in [5.74, 6) is -0.784. The number of hydrogen-bond acceptors (Lipinski definition) is 2. The summed E-state index contributed by atoms with van der Waals surface area (Å²) < 4.78 is 0. The number of carboxylic acid groups (broad SMARTS) is 1. The van der Waals surface area contributed by atoms with Crippen LogP contribution in [0.15, 0.2) is 24.3 Å². The van der Waals surface area contributed by atoms with Crippen molar-refractivity contribution in [3.8, 4) is 10.4 Å². The maximum Gasteiger partial charge on any atom is 0.337 e. The van der Waals surface area contributed by atoms with Gasteiger partial charge in [-0.1, -0.05) is 43.7 Å². The van der Waals surface area contributed by atoms with Crippen molar-refractivity contribution in [1.29, 1.82) is 0 Å². The molecule has 2 nitrogen and oxygen atoms in total. The zero-order valence-electron chi connectivity index (χ0n) is 13.4. The van der Waals surface area contributed by atoms with Crippen LogP contribution in [0.3, 0.4) is 0 Å². The van der Waals surface area contributed by atoms with Gasteiger partial charge in [0.05, 0.1) is 5.56 Å². The van der Waals surface area contributed by atoms with E-state index in [9.17, 15) is 9.90 Å². The van der Waals surface area contributed by atoms with Crippen LogP contribution >= 0.6 is 11.3 Å². The molecule has 1 N–H and O–H groups in total. The average molecular weight is 314 g/mol. The molecule has 116 valence electrons. The van der Waals surface area contributed by atoms with Crippen molar-refractivity contribution in [2.45, 2.75) is 46.5 Å². The van der Waals surface area contributed by atoms with Crippen LogP contribution in [0.4, 0.5) is 0 Å². The van der Waals surface area contributed by atoms with E-state index in [1.807, 2.05) is 19.1 Å². The molecular weight excluding hydrogens is 292 g/mol. The predicted octanol–water partition coefficient (Wildman–Crippen LogP) is 5.33. The monoisotopic (exact) mass is 314 g/mol. The van der Waals surface area contributed by atoms with Gasteiger partial charge in [0.1, 0.15) is 0 Å². The lowest BCUT2D eigenvalue weighted by Crippen LogP contribution is -2.11. The third-order valence-corrected chi connectivity index (χ3v) is 6.04. The second kappa shape index (κ2) is 5.54. The molecule has 3 heteroatoms. The average Bonchev–Trinajstić information content (AvgIpc) is 2.76. The molecule has 22 heavy (non-hydrogen) atoms. The molecule has 0 spiro atoms. The number of carbonyl (C=O) groups is 1. The number of aryl methyl sites for hydroxylation is 2. The fourth-order valence-electron chi connectivity index (χ4n) is 3.15. The number of hydrogen-bond donors (Lipinski definition) is 1. The first kappa shape index (κ1) is 15.3. The SMILES string of the molecule is Cc1ccc(-c2sc3c(c2C(=O)O)CCC(C)(C)CC3)cc1. The third-order valence-electron chi connectivity index (χ3n) is 4.70. The molecule has 0 atom stereocenters. The highest BCUT2D eigenvalue weighted by Gasteiger charge is 2.29. The van der Waals surface area contributed by atoms with E-state index in [1.54, 1.807) is 11.3 Å². The van der Waals surface area contributed by atoms with Crippen molar-refractivity contribution in [3.05, 3.63) is 45.8 Å². The highest BCUT2D eigenvalue weighted by molar-refractivity contribution is 7.16. The normalized spacial score (nSPS) is 16.9. The highest BCUT2D eigenvalue weighted by Crippen LogP contribution is 2.43. The summed E-state index contributed by atoms with van der Waals surface area (Å²) in [6.07, 6.45) is 4.07. The zero-order chi connectivity index (χ0) is 15.9. The quantitative estimate of drug-likeness (QED) is 0.761. The second-order valence-corrected chi connectivity index (χ2v) is 8.15. The van der Waals surface area contributed by atoms with Gasteiger partial charge >= 0.3 is 5.97 Å². The molecule has 2 aromatic rings. The number of aromatic carboxylic acids is 1.